The Morgan fingerprint density at radius 1 is 0.961 bits per heavy atom. The van der Waals surface area contributed by atoms with Crippen LogP contribution in [0.1, 0.15) is 70.1 Å². The Labute approximate surface area is 312 Å². The molecule has 2 aromatic heterocycles. The van der Waals surface area contributed by atoms with E-state index < -0.39 is 18.1 Å². The van der Waals surface area contributed by atoms with E-state index in [0.717, 1.165) is 36.4 Å². The molecule has 0 amide bonds. The van der Waals surface area contributed by atoms with E-state index >= 15 is 0 Å². The van der Waals surface area contributed by atoms with Gasteiger partial charge in [0.05, 0.1) is 20.8 Å². The van der Waals surface area contributed by atoms with Crippen LogP contribution in [0.2, 0.25) is 10.0 Å². The lowest BCUT2D eigenvalue weighted by molar-refractivity contribution is -0.605. The van der Waals surface area contributed by atoms with Gasteiger partial charge in [0, 0.05) is 29.4 Å². The molecule has 1 aliphatic rings. The van der Waals surface area contributed by atoms with Crippen molar-refractivity contribution in [3.63, 3.8) is 0 Å². The van der Waals surface area contributed by atoms with Gasteiger partial charge in [-0.3, -0.25) is 5.32 Å². The molecule has 4 aromatic rings. The molecule has 2 atom stereocenters. The van der Waals surface area contributed by atoms with Gasteiger partial charge >= 0.3 is 11.9 Å². The Hall–Kier alpha value is -3.87. The maximum absolute atomic E-state index is 13.6. The van der Waals surface area contributed by atoms with E-state index in [-0.39, 0.29) is 22.4 Å². The number of carbonyl (C=O) groups excluding carboxylic acids is 2. The van der Waals surface area contributed by atoms with Crippen LogP contribution in [0.5, 0.6) is 11.5 Å². The van der Waals surface area contributed by atoms with Gasteiger partial charge in [-0.2, -0.15) is 4.73 Å². The second-order valence-electron chi connectivity index (χ2n) is 12.7. The third kappa shape index (κ3) is 10.1. The van der Waals surface area contributed by atoms with Gasteiger partial charge in [0.25, 0.3) is 0 Å². The lowest BCUT2D eigenvalue weighted by Crippen LogP contribution is -2.40. The Balaban J connectivity index is 1.27. The van der Waals surface area contributed by atoms with E-state index in [2.05, 4.69) is 24.1 Å². The Morgan fingerprint density at radius 2 is 1.65 bits per heavy atom. The number of thiophene rings is 1. The quantitative estimate of drug-likeness (QED) is 0.0757. The number of hydrogen-bond acceptors (Lipinski definition) is 10. The first-order chi connectivity index (χ1) is 24.6. The number of likely N-dealkylation sites (tertiary alicyclic amines) is 1. The summed E-state index contributed by atoms with van der Waals surface area (Å²) in [4.78, 5) is 30.7. The van der Waals surface area contributed by atoms with Gasteiger partial charge in [-0.25, -0.2) is 9.59 Å². The SMILES string of the molecule is COc1ccc(C(Cc2c(Cl)c[n+]([O-])cc2Cl)OC(=O)c2ccc(CNC(C(=O)OCC3CCN(C(C)C)CC3)c3ccccc3)s2)cc1OC. The molecule has 3 heterocycles. The fourth-order valence-electron chi connectivity index (χ4n) is 6.07. The first kappa shape index (κ1) is 38.4. The number of nitrogens with one attached hydrogen (secondary N) is 1. The van der Waals surface area contributed by atoms with Gasteiger partial charge in [0.15, 0.2) is 23.9 Å². The summed E-state index contributed by atoms with van der Waals surface area (Å²) in [5, 5.41) is 15.5. The molecule has 51 heavy (non-hydrogen) atoms. The molecule has 10 nitrogen and oxygen atoms in total. The number of methoxy groups -OCH3 is 2. The van der Waals surface area contributed by atoms with Crippen molar-refractivity contribution in [2.45, 2.75) is 57.8 Å². The number of aromatic nitrogens is 1. The minimum absolute atomic E-state index is 0.0945. The number of halogens is 2. The van der Waals surface area contributed by atoms with E-state index in [1.54, 1.807) is 24.3 Å². The maximum Gasteiger partial charge on any atom is 0.348 e. The smallest absolute Gasteiger partial charge is 0.348 e. The summed E-state index contributed by atoms with van der Waals surface area (Å²) in [7, 11) is 3.05. The molecular weight excluding hydrogens is 713 g/mol. The lowest BCUT2D eigenvalue weighted by atomic mass is 9.97. The highest BCUT2D eigenvalue weighted by molar-refractivity contribution is 7.13. The number of pyridine rings is 1. The van der Waals surface area contributed by atoms with Crippen molar-refractivity contribution in [3.05, 3.63) is 115 Å². The van der Waals surface area contributed by atoms with Crippen LogP contribution in [0.15, 0.2) is 73.1 Å². The highest BCUT2D eigenvalue weighted by Crippen LogP contribution is 2.36. The monoisotopic (exact) mass is 755 g/mol. The topological polar surface area (TPSA) is 113 Å². The molecule has 1 N–H and O–H groups in total. The highest BCUT2D eigenvalue weighted by atomic mass is 35.5. The van der Waals surface area contributed by atoms with E-state index in [1.165, 1.54) is 38.0 Å². The molecule has 0 bridgehead atoms. The molecule has 0 radical (unpaired) electrons. The molecule has 0 saturated carbocycles. The average molecular weight is 757 g/mol. The molecule has 13 heteroatoms. The average Bonchev–Trinajstić information content (AvgIpc) is 3.61. The van der Waals surface area contributed by atoms with Crippen molar-refractivity contribution in [1.82, 2.24) is 10.2 Å². The first-order valence-corrected chi connectivity index (χ1v) is 18.4. The van der Waals surface area contributed by atoms with Crippen LogP contribution in [0.4, 0.5) is 0 Å². The molecule has 1 saturated heterocycles. The molecule has 0 aliphatic carbocycles. The maximum atomic E-state index is 13.6. The minimum atomic E-state index is -0.840. The van der Waals surface area contributed by atoms with Crippen LogP contribution in [-0.2, 0) is 27.2 Å². The predicted molar refractivity (Wildman–Crippen MR) is 198 cm³/mol. The van der Waals surface area contributed by atoms with Crippen LogP contribution in [0.25, 0.3) is 0 Å². The van der Waals surface area contributed by atoms with E-state index in [4.69, 9.17) is 42.1 Å². The van der Waals surface area contributed by atoms with Gasteiger partial charge in [0.1, 0.15) is 27.1 Å². The summed E-state index contributed by atoms with van der Waals surface area (Å²) in [5.74, 6) is 0.407. The van der Waals surface area contributed by atoms with Gasteiger partial charge in [-0.1, -0.05) is 59.6 Å². The molecule has 272 valence electrons. The zero-order valence-corrected chi connectivity index (χ0v) is 31.4. The van der Waals surface area contributed by atoms with Crippen molar-refractivity contribution >= 4 is 46.5 Å². The normalized spacial score (nSPS) is 15.0. The van der Waals surface area contributed by atoms with Crippen LogP contribution in [0.3, 0.4) is 0 Å². The van der Waals surface area contributed by atoms with Gasteiger partial charge in [-0.15, -0.1) is 11.3 Å². The third-order valence-corrected chi connectivity index (χ3v) is 10.7. The van der Waals surface area contributed by atoms with Crippen molar-refractivity contribution in [1.29, 1.82) is 0 Å². The number of esters is 2. The predicted octanol–water partition coefficient (Wildman–Crippen LogP) is 7.34. The van der Waals surface area contributed by atoms with Crippen LogP contribution in [0, 0.1) is 11.1 Å². The van der Waals surface area contributed by atoms with Crippen LogP contribution in [-0.4, -0.2) is 56.8 Å². The number of hydrogen-bond donors (Lipinski definition) is 1. The van der Waals surface area contributed by atoms with Crippen LogP contribution < -0.4 is 19.5 Å². The zero-order valence-electron chi connectivity index (χ0n) is 29.1. The summed E-state index contributed by atoms with van der Waals surface area (Å²) < 4.78 is 23.3. The Bertz CT molecular complexity index is 1760. The molecule has 2 aromatic carbocycles. The molecule has 1 aliphatic heterocycles. The standard InChI is InChI=1S/C38H43Cl2N3O7S/c1-24(2)42-16-14-25(15-17-42)23-49-38(45)36(26-8-6-5-7-9-26)41-20-28-11-13-35(51-28)37(44)50-33(19-29-30(39)21-43(46)22-31(29)40)27-10-12-32(47-3)34(18-27)48-4/h5-13,18,21-22,24-25,33,36,41H,14-17,19-20,23H2,1-4H3. The van der Waals surface area contributed by atoms with Gasteiger partial charge < -0.3 is 29.1 Å². The van der Waals surface area contributed by atoms with E-state index in [9.17, 15) is 14.8 Å². The second kappa shape index (κ2) is 18.1. The fourth-order valence-corrected chi connectivity index (χ4v) is 7.51. The van der Waals surface area contributed by atoms with E-state index in [0.29, 0.717) is 57.3 Å². The lowest BCUT2D eigenvalue weighted by Gasteiger charge is -2.34. The number of ether oxygens (including phenoxy) is 4. The van der Waals surface area contributed by atoms with Crippen molar-refractivity contribution in [3.8, 4) is 11.5 Å². The molecule has 1 fully saturated rings. The number of rotatable bonds is 15. The number of piperidine rings is 1. The summed E-state index contributed by atoms with van der Waals surface area (Å²) >= 11 is 14.1. The number of nitrogens with zero attached hydrogens (tertiary/aromatic N) is 2. The Morgan fingerprint density at radius 3 is 2.29 bits per heavy atom. The minimum Gasteiger partial charge on any atom is -0.619 e. The van der Waals surface area contributed by atoms with Gasteiger partial charge in [0.2, 0.25) is 0 Å². The first-order valence-electron chi connectivity index (χ1n) is 16.8. The van der Waals surface area contributed by atoms with E-state index in [1.807, 2.05) is 36.4 Å². The summed E-state index contributed by atoms with van der Waals surface area (Å²) in [6.07, 6.45) is 3.65. The molecule has 5 rings (SSSR count). The van der Waals surface area contributed by atoms with Gasteiger partial charge in [-0.05, 0) is 81.1 Å². The largest absolute Gasteiger partial charge is 0.619 e. The third-order valence-electron chi connectivity index (χ3n) is 9.03. The summed E-state index contributed by atoms with van der Waals surface area (Å²) in [6.45, 7) is 7.14. The number of carbonyl (C=O) groups is 2. The molecule has 0 spiro atoms. The summed E-state index contributed by atoms with van der Waals surface area (Å²) in [5.41, 5.74) is 1.86. The summed E-state index contributed by atoms with van der Waals surface area (Å²) in [6, 6.07) is 18.0. The highest BCUT2D eigenvalue weighted by Gasteiger charge is 2.28. The zero-order chi connectivity index (χ0) is 36.5. The molecular formula is C38H43Cl2N3O7S. The van der Waals surface area contributed by atoms with Crippen molar-refractivity contribution < 1.29 is 33.3 Å². The fraction of sp³-hybridized carbons (Fsp3) is 0.395. The number of benzene rings is 2. The molecule has 2 unspecified atom stereocenters. The van der Waals surface area contributed by atoms with Crippen LogP contribution >= 0.6 is 34.5 Å². The van der Waals surface area contributed by atoms with Crippen molar-refractivity contribution in [2.24, 2.45) is 5.92 Å². The van der Waals surface area contributed by atoms with Crippen molar-refractivity contribution in [2.75, 3.05) is 33.9 Å². The Kier molecular flexibility index (Phi) is 13.6. The second-order valence-corrected chi connectivity index (χ2v) is 14.7.